The van der Waals surface area contributed by atoms with Crippen LogP contribution in [0, 0.1) is 0 Å². The van der Waals surface area contributed by atoms with E-state index >= 15 is 0 Å². The first kappa shape index (κ1) is 16.4. The lowest BCUT2D eigenvalue weighted by Gasteiger charge is -2.27. The van der Waals surface area contributed by atoms with Crippen molar-refractivity contribution in [1.82, 2.24) is 10.6 Å². The van der Waals surface area contributed by atoms with Crippen LogP contribution in [0.25, 0.3) is 0 Å². The molecule has 4 nitrogen and oxygen atoms in total. The van der Waals surface area contributed by atoms with Gasteiger partial charge in [-0.1, -0.05) is 6.92 Å². The van der Waals surface area contributed by atoms with Crippen molar-refractivity contribution < 1.29 is 9.53 Å². The molecule has 2 atom stereocenters. The molecule has 0 aromatic carbocycles. The molecule has 0 aliphatic carbocycles. The SMILES string of the molecule is CCC(C)NC(=O)CCNC1CC(C)(C)OC1(C)C. The maximum absolute atomic E-state index is 11.7. The lowest BCUT2D eigenvalue weighted by molar-refractivity contribution is -0.121. The zero-order chi connectivity index (χ0) is 14.7. The van der Waals surface area contributed by atoms with E-state index in [2.05, 4.69) is 45.3 Å². The summed E-state index contributed by atoms with van der Waals surface area (Å²) in [6, 6.07) is 0.566. The molecule has 0 spiro atoms. The summed E-state index contributed by atoms with van der Waals surface area (Å²) in [5, 5.41) is 6.45. The van der Waals surface area contributed by atoms with Crippen LogP contribution in [-0.2, 0) is 9.53 Å². The van der Waals surface area contributed by atoms with Crippen molar-refractivity contribution in [3.63, 3.8) is 0 Å². The molecule has 0 saturated carbocycles. The van der Waals surface area contributed by atoms with Gasteiger partial charge in [-0.05, 0) is 47.5 Å². The Kier molecular flexibility index (Phi) is 5.39. The zero-order valence-corrected chi connectivity index (χ0v) is 13.3. The summed E-state index contributed by atoms with van der Waals surface area (Å²) in [4.78, 5) is 11.7. The first-order valence-electron chi connectivity index (χ1n) is 7.39. The second kappa shape index (κ2) is 6.23. The van der Waals surface area contributed by atoms with Gasteiger partial charge in [-0.2, -0.15) is 0 Å². The quantitative estimate of drug-likeness (QED) is 0.778. The summed E-state index contributed by atoms with van der Waals surface area (Å²) in [6.45, 7) is 13.3. The molecule has 1 fully saturated rings. The Balaban J connectivity index is 2.32. The fraction of sp³-hybridized carbons (Fsp3) is 0.933. The lowest BCUT2D eigenvalue weighted by Crippen LogP contribution is -2.44. The van der Waals surface area contributed by atoms with Gasteiger partial charge in [0.15, 0.2) is 0 Å². The third kappa shape index (κ3) is 5.11. The molecule has 0 bridgehead atoms. The Labute approximate surface area is 117 Å². The van der Waals surface area contributed by atoms with Crippen LogP contribution in [0.15, 0.2) is 0 Å². The van der Waals surface area contributed by atoms with Gasteiger partial charge in [0.05, 0.1) is 11.2 Å². The summed E-state index contributed by atoms with van der Waals surface area (Å²) in [6.07, 6.45) is 2.47. The molecular weight excluding hydrogens is 240 g/mol. The molecule has 1 aliphatic rings. The minimum atomic E-state index is -0.170. The fourth-order valence-corrected chi connectivity index (χ4v) is 2.69. The highest BCUT2D eigenvalue weighted by atomic mass is 16.5. The van der Waals surface area contributed by atoms with Gasteiger partial charge in [-0.15, -0.1) is 0 Å². The van der Waals surface area contributed by atoms with Crippen molar-refractivity contribution in [3.8, 4) is 0 Å². The van der Waals surface area contributed by atoms with Crippen molar-refractivity contribution in [2.45, 2.75) is 84.1 Å². The third-order valence-electron chi connectivity index (χ3n) is 3.84. The Hall–Kier alpha value is -0.610. The molecule has 1 amide bonds. The van der Waals surface area contributed by atoms with Crippen molar-refractivity contribution in [2.75, 3.05) is 6.54 Å². The maximum Gasteiger partial charge on any atom is 0.221 e. The average molecular weight is 270 g/mol. The number of hydrogen-bond donors (Lipinski definition) is 2. The Morgan fingerprint density at radius 3 is 2.47 bits per heavy atom. The highest BCUT2D eigenvalue weighted by Crippen LogP contribution is 2.37. The number of carbonyl (C=O) groups excluding carboxylic acids is 1. The Bertz CT molecular complexity index is 313. The summed E-state index contributed by atoms with van der Waals surface area (Å²) < 4.78 is 6.03. The second-order valence-electron chi connectivity index (χ2n) is 6.80. The monoisotopic (exact) mass is 270 g/mol. The molecular formula is C15H30N2O2. The van der Waals surface area contributed by atoms with Crippen LogP contribution in [0.4, 0.5) is 0 Å². The van der Waals surface area contributed by atoms with Gasteiger partial charge in [-0.25, -0.2) is 0 Å². The van der Waals surface area contributed by atoms with E-state index in [9.17, 15) is 4.79 Å². The van der Waals surface area contributed by atoms with Crippen molar-refractivity contribution in [1.29, 1.82) is 0 Å². The number of rotatable bonds is 6. The molecule has 0 aromatic rings. The van der Waals surface area contributed by atoms with E-state index in [0.29, 0.717) is 19.0 Å². The summed E-state index contributed by atoms with van der Waals surface area (Å²) in [5.74, 6) is 0.123. The van der Waals surface area contributed by atoms with Crippen LogP contribution in [0.3, 0.4) is 0 Å². The van der Waals surface area contributed by atoms with Gasteiger partial charge in [-0.3, -0.25) is 4.79 Å². The lowest BCUT2D eigenvalue weighted by atomic mass is 9.94. The summed E-state index contributed by atoms with van der Waals surface area (Å²) >= 11 is 0. The molecule has 112 valence electrons. The minimum Gasteiger partial charge on any atom is -0.368 e. The normalized spacial score (nSPS) is 26.1. The highest BCUT2D eigenvalue weighted by molar-refractivity contribution is 5.76. The van der Waals surface area contributed by atoms with Crippen LogP contribution in [0.5, 0.6) is 0 Å². The van der Waals surface area contributed by atoms with E-state index in [-0.39, 0.29) is 23.2 Å². The minimum absolute atomic E-state index is 0.0832. The van der Waals surface area contributed by atoms with Gasteiger partial charge in [0.1, 0.15) is 0 Å². The molecule has 1 heterocycles. The van der Waals surface area contributed by atoms with E-state index in [0.717, 1.165) is 12.8 Å². The summed E-state index contributed by atoms with van der Waals surface area (Å²) in [5.41, 5.74) is -0.253. The maximum atomic E-state index is 11.7. The second-order valence-corrected chi connectivity index (χ2v) is 6.80. The van der Waals surface area contributed by atoms with Gasteiger partial charge in [0.25, 0.3) is 0 Å². The molecule has 1 saturated heterocycles. The third-order valence-corrected chi connectivity index (χ3v) is 3.84. The molecule has 2 unspecified atom stereocenters. The van der Waals surface area contributed by atoms with Crippen molar-refractivity contribution in [3.05, 3.63) is 0 Å². The number of nitrogens with one attached hydrogen (secondary N) is 2. The largest absolute Gasteiger partial charge is 0.368 e. The smallest absolute Gasteiger partial charge is 0.221 e. The number of amides is 1. The number of hydrogen-bond acceptors (Lipinski definition) is 3. The molecule has 2 N–H and O–H groups in total. The van der Waals surface area contributed by atoms with Crippen LogP contribution in [0.1, 0.15) is 60.8 Å². The predicted molar refractivity (Wildman–Crippen MR) is 78.2 cm³/mol. The van der Waals surface area contributed by atoms with Gasteiger partial charge in [0.2, 0.25) is 5.91 Å². The molecule has 1 rings (SSSR count). The fourth-order valence-electron chi connectivity index (χ4n) is 2.69. The molecule has 0 aromatic heterocycles. The van der Waals surface area contributed by atoms with Crippen LogP contribution >= 0.6 is 0 Å². The van der Waals surface area contributed by atoms with E-state index in [1.807, 2.05) is 6.92 Å². The highest BCUT2D eigenvalue weighted by Gasteiger charge is 2.45. The standard InChI is InChI=1S/C15H30N2O2/c1-7-11(2)17-13(18)8-9-16-12-10-14(3,4)19-15(12,5)6/h11-12,16H,7-10H2,1-6H3,(H,17,18). The van der Waals surface area contributed by atoms with Crippen molar-refractivity contribution >= 4 is 5.91 Å². The first-order chi connectivity index (χ1) is 8.66. The number of ether oxygens (including phenoxy) is 1. The Morgan fingerprint density at radius 2 is 2.00 bits per heavy atom. The molecule has 0 radical (unpaired) electrons. The van der Waals surface area contributed by atoms with Gasteiger partial charge >= 0.3 is 0 Å². The topological polar surface area (TPSA) is 50.4 Å². The van der Waals surface area contributed by atoms with Gasteiger partial charge < -0.3 is 15.4 Å². The number of carbonyl (C=O) groups is 1. The average Bonchev–Trinajstić information content (AvgIpc) is 2.46. The molecule has 19 heavy (non-hydrogen) atoms. The molecule has 1 aliphatic heterocycles. The van der Waals surface area contributed by atoms with Crippen LogP contribution in [-0.4, -0.2) is 35.7 Å². The van der Waals surface area contributed by atoms with E-state index in [4.69, 9.17) is 4.74 Å². The van der Waals surface area contributed by atoms with E-state index < -0.39 is 0 Å². The van der Waals surface area contributed by atoms with Crippen LogP contribution < -0.4 is 10.6 Å². The van der Waals surface area contributed by atoms with E-state index in [1.165, 1.54) is 0 Å². The summed E-state index contributed by atoms with van der Waals surface area (Å²) in [7, 11) is 0. The van der Waals surface area contributed by atoms with E-state index in [1.54, 1.807) is 0 Å². The van der Waals surface area contributed by atoms with Crippen LogP contribution in [0.2, 0.25) is 0 Å². The predicted octanol–water partition coefficient (Wildman–Crippen LogP) is 2.23. The van der Waals surface area contributed by atoms with Crippen molar-refractivity contribution in [2.24, 2.45) is 0 Å². The molecule has 4 heteroatoms. The zero-order valence-electron chi connectivity index (χ0n) is 13.3. The Morgan fingerprint density at radius 1 is 1.37 bits per heavy atom. The van der Waals surface area contributed by atoms with Gasteiger partial charge in [0, 0.05) is 25.0 Å². The first-order valence-corrected chi connectivity index (χ1v) is 7.39.